The van der Waals surface area contributed by atoms with Gasteiger partial charge in [0.1, 0.15) is 23.6 Å². The van der Waals surface area contributed by atoms with Crippen LogP contribution >= 0.6 is 0 Å². The van der Waals surface area contributed by atoms with E-state index in [1.807, 2.05) is 6.08 Å². The molecule has 4 fully saturated rings. The molecule has 346 valence electrons. The molecule has 0 radical (unpaired) electrons. The highest BCUT2D eigenvalue weighted by atomic mass is 19.1. The molecule has 2 saturated carbocycles. The van der Waals surface area contributed by atoms with Gasteiger partial charge in [-0.15, -0.1) is 0 Å². The standard InChI is InChI=1S/C56H73FN6O2/c1-8-15-36-27-43(38-22-25-47-49(30-38)62-55(60-47)52-32-40-17-12-14-19-51(40)63(52)56(64)53(65-7)34(6)9-2)41(44(57)28-36)23-20-35(10-3)26-42(33(4)5)37-21-24-46-48(29-37)61-54(59-46)50-31-39-16-11-13-18-45(39)58-50/h10,21-22,24-30,33-34,39-40,42,45,50-53,58H,3,8-9,11-20,23,31-32H2,1-2,4-7H3,(H,59,61)(H,60,62)/b35-26+. The number of benzene rings is 3. The van der Waals surface area contributed by atoms with Crippen LogP contribution in [0.2, 0.25) is 0 Å². The minimum absolute atomic E-state index is 0.0874. The van der Waals surface area contributed by atoms with Gasteiger partial charge in [-0.25, -0.2) is 14.4 Å². The quantitative estimate of drug-likeness (QED) is 0.0858. The summed E-state index contributed by atoms with van der Waals surface area (Å²) in [6.45, 7) is 15.2. The second-order valence-corrected chi connectivity index (χ2v) is 20.6. The number of methoxy groups -OCH3 is 1. The van der Waals surface area contributed by atoms with Gasteiger partial charge in [-0.2, -0.15) is 0 Å². The normalized spacial score (nSPS) is 25.0. The van der Waals surface area contributed by atoms with Gasteiger partial charge in [0, 0.05) is 25.1 Å². The fourth-order valence-corrected chi connectivity index (χ4v) is 12.3. The van der Waals surface area contributed by atoms with E-state index in [2.05, 4.69) is 110 Å². The molecular formula is C56H73FN6O2. The van der Waals surface area contributed by atoms with Crippen LogP contribution in [0.25, 0.3) is 33.2 Å². The summed E-state index contributed by atoms with van der Waals surface area (Å²) in [6, 6.07) is 17.9. The average Bonchev–Trinajstić information content (AvgIpc) is 4.12. The lowest BCUT2D eigenvalue weighted by Gasteiger charge is -2.36. The Morgan fingerprint density at radius 2 is 1.62 bits per heavy atom. The van der Waals surface area contributed by atoms with Gasteiger partial charge in [-0.1, -0.05) is 116 Å². The number of halogens is 1. The first kappa shape index (κ1) is 45.6. The summed E-state index contributed by atoms with van der Waals surface area (Å²) in [5.41, 5.74) is 9.79. The van der Waals surface area contributed by atoms with Crippen LogP contribution in [-0.2, 0) is 22.4 Å². The van der Waals surface area contributed by atoms with E-state index in [-0.39, 0.29) is 35.6 Å². The van der Waals surface area contributed by atoms with Gasteiger partial charge in [0.05, 0.1) is 34.2 Å². The number of H-pyrrole nitrogens is 2. The molecule has 0 spiro atoms. The molecule has 65 heavy (non-hydrogen) atoms. The van der Waals surface area contributed by atoms with Crippen LogP contribution in [0.1, 0.15) is 164 Å². The first-order valence-electron chi connectivity index (χ1n) is 25.3. The third kappa shape index (κ3) is 9.26. The highest BCUT2D eigenvalue weighted by Crippen LogP contribution is 2.47. The van der Waals surface area contributed by atoms with Crippen molar-refractivity contribution >= 4 is 28.0 Å². The highest BCUT2D eigenvalue weighted by molar-refractivity contribution is 5.85. The summed E-state index contributed by atoms with van der Waals surface area (Å²) in [7, 11) is 1.67. The number of likely N-dealkylation sites (tertiary alicyclic amines) is 1. The molecule has 5 aromatic rings. The van der Waals surface area contributed by atoms with Crippen molar-refractivity contribution in [1.82, 2.24) is 30.2 Å². The van der Waals surface area contributed by atoms with E-state index in [0.29, 0.717) is 42.3 Å². The Kier molecular flexibility index (Phi) is 13.8. The largest absolute Gasteiger partial charge is 0.371 e. The van der Waals surface area contributed by atoms with E-state index in [9.17, 15) is 4.79 Å². The molecule has 2 aromatic heterocycles. The molecule has 9 rings (SSSR count). The van der Waals surface area contributed by atoms with Crippen molar-refractivity contribution in [3.63, 3.8) is 0 Å². The van der Waals surface area contributed by atoms with Crippen LogP contribution in [-0.4, -0.2) is 56.0 Å². The molecule has 1 amide bonds. The lowest BCUT2D eigenvalue weighted by atomic mass is 9.84. The van der Waals surface area contributed by atoms with Gasteiger partial charge in [-0.3, -0.25) is 4.79 Å². The van der Waals surface area contributed by atoms with Crippen molar-refractivity contribution < 1.29 is 13.9 Å². The number of carbonyl (C=O) groups excluding carboxylic acids is 1. The number of amides is 1. The van der Waals surface area contributed by atoms with Crippen molar-refractivity contribution in [3.8, 4) is 11.1 Å². The number of nitrogens with zero attached hydrogens (tertiary/aromatic N) is 3. The zero-order chi connectivity index (χ0) is 45.4. The maximum atomic E-state index is 16.5. The van der Waals surface area contributed by atoms with Gasteiger partial charge in [0.15, 0.2) is 0 Å². The Hall–Kier alpha value is -4.60. The first-order chi connectivity index (χ1) is 31.6. The van der Waals surface area contributed by atoms with Crippen LogP contribution in [0.15, 0.2) is 72.8 Å². The second-order valence-electron chi connectivity index (χ2n) is 20.6. The van der Waals surface area contributed by atoms with E-state index in [4.69, 9.17) is 14.7 Å². The molecule has 8 nitrogen and oxygen atoms in total. The zero-order valence-corrected chi connectivity index (χ0v) is 39.9. The minimum atomic E-state index is -0.473. The predicted molar refractivity (Wildman–Crippen MR) is 262 cm³/mol. The molecule has 4 heterocycles. The summed E-state index contributed by atoms with van der Waals surface area (Å²) >= 11 is 0. The van der Waals surface area contributed by atoms with Gasteiger partial charge in [-0.05, 0) is 140 Å². The molecule has 9 atom stereocenters. The zero-order valence-electron chi connectivity index (χ0n) is 39.9. The first-order valence-corrected chi connectivity index (χ1v) is 25.3. The molecule has 4 aliphatic rings. The predicted octanol–water partition coefficient (Wildman–Crippen LogP) is 13.2. The van der Waals surface area contributed by atoms with Crippen LogP contribution in [0.3, 0.4) is 0 Å². The summed E-state index contributed by atoms with van der Waals surface area (Å²) in [5.74, 6) is 3.66. The molecule has 3 N–H and O–H groups in total. The fourth-order valence-electron chi connectivity index (χ4n) is 12.3. The van der Waals surface area contributed by atoms with Gasteiger partial charge >= 0.3 is 0 Å². The van der Waals surface area contributed by atoms with Crippen molar-refractivity contribution in [3.05, 3.63) is 107 Å². The number of hydrogen-bond acceptors (Lipinski definition) is 5. The number of ether oxygens (including phenoxy) is 1. The maximum absolute atomic E-state index is 16.5. The Bertz CT molecular complexity index is 2500. The van der Waals surface area contributed by atoms with Crippen LogP contribution < -0.4 is 5.32 Å². The van der Waals surface area contributed by atoms with Crippen molar-refractivity contribution in [2.75, 3.05) is 7.11 Å². The number of aryl methyl sites for hydroxylation is 1. The smallest absolute Gasteiger partial charge is 0.252 e. The van der Waals surface area contributed by atoms with Crippen molar-refractivity contribution in [2.45, 2.75) is 167 Å². The SMILES string of the molecule is C=C/C(=C\C(c1ccc2[nH]c(C3CC4CCCCC4N3)nc2c1)C(C)C)CCc1c(F)cc(CCC)cc1-c1ccc2[nH]c(C3CC4CCCCC4N3C(=O)C(OC)C(C)CC)nc2c1. The topological polar surface area (TPSA) is 98.9 Å². The lowest BCUT2D eigenvalue weighted by Crippen LogP contribution is -2.48. The Labute approximate surface area is 386 Å². The summed E-state index contributed by atoms with van der Waals surface area (Å²) in [5, 5.41) is 3.89. The van der Waals surface area contributed by atoms with Crippen molar-refractivity contribution in [2.24, 2.45) is 23.7 Å². The van der Waals surface area contributed by atoms with Crippen LogP contribution in [0, 0.1) is 29.5 Å². The number of imidazole rings is 2. The van der Waals surface area contributed by atoms with Crippen molar-refractivity contribution in [1.29, 1.82) is 0 Å². The van der Waals surface area contributed by atoms with Crippen LogP contribution in [0.4, 0.5) is 4.39 Å². The second kappa shape index (κ2) is 19.7. The molecule has 9 unspecified atom stereocenters. The third-order valence-electron chi connectivity index (χ3n) is 16.1. The van der Waals surface area contributed by atoms with E-state index >= 15 is 4.39 Å². The molecular weight excluding hydrogens is 808 g/mol. The Balaban J connectivity index is 0.978. The molecule has 3 aromatic carbocycles. The fraction of sp³-hybridized carbons (Fsp3) is 0.554. The molecule has 2 aliphatic carbocycles. The van der Waals surface area contributed by atoms with E-state index in [1.165, 1.54) is 37.7 Å². The molecule has 9 heteroatoms. The molecule has 0 bridgehead atoms. The molecule has 2 aliphatic heterocycles. The average molecular weight is 881 g/mol. The number of nitrogens with one attached hydrogen (secondary N) is 3. The van der Waals surface area contributed by atoms with Gasteiger partial charge < -0.3 is 24.9 Å². The summed E-state index contributed by atoms with van der Waals surface area (Å²) in [6.07, 6.45) is 19.5. The minimum Gasteiger partial charge on any atom is -0.371 e. The maximum Gasteiger partial charge on any atom is 0.252 e. The number of carbonyl (C=O) groups is 1. The number of hydrogen-bond donors (Lipinski definition) is 3. The number of allylic oxidation sites excluding steroid dienone is 3. The lowest BCUT2D eigenvalue weighted by molar-refractivity contribution is -0.149. The molecule has 2 saturated heterocycles. The van der Waals surface area contributed by atoms with E-state index in [0.717, 1.165) is 113 Å². The summed E-state index contributed by atoms with van der Waals surface area (Å²) in [4.78, 5) is 34.2. The number of aromatic amines is 2. The van der Waals surface area contributed by atoms with E-state index < -0.39 is 6.10 Å². The van der Waals surface area contributed by atoms with E-state index in [1.54, 1.807) is 13.2 Å². The highest BCUT2D eigenvalue weighted by Gasteiger charge is 2.48. The monoisotopic (exact) mass is 881 g/mol. The van der Waals surface area contributed by atoms with Gasteiger partial charge in [0.2, 0.25) is 0 Å². The number of aromatic nitrogens is 4. The van der Waals surface area contributed by atoms with Crippen LogP contribution in [0.5, 0.6) is 0 Å². The van der Waals surface area contributed by atoms with Gasteiger partial charge in [0.25, 0.3) is 5.91 Å². The third-order valence-corrected chi connectivity index (χ3v) is 16.1. The number of rotatable bonds is 16. The summed E-state index contributed by atoms with van der Waals surface area (Å²) < 4.78 is 22.4. The Morgan fingerprint density at radius 3 is 2.35 bits per heavy atom. The Morgan fingerprint density at radius 1 is 0.892 bits per heavy atom. The number of fused-ring (bicyclic) bond motifs is 4.